The number of hydrogen-bond acceptors (Lipinski definition) is 2. The Hall–Kier alpha value is -2.13. The predicted molar refractivity (Wildman–Crippen MR) is 78.0 cm³/mol. The molecular weight excluding hydrogens is 253 g/mol. The predicted octanol–water partition coefficient (Wildman–Crippen LogP) is 4.12. The van der Waals surface area contributed by atoms with Crippen LogP contribution >= 0.6 is 0 Å². The van der Waals surface area contributed by atoms with Crippen molar-refractivity contribution in [3.05, 3.63) is 71.2 Å². The summed E-state index contributed by atoms with van der Waals surface area (Å²) in [5.41, 5.74) is 8.98. The number of fused-ring (bicyclic) bond motifs is 1. The van der Waals surface area contributed by atoms with Crippen LogP contribution in [0.5, 0.6) is 0 Å². The van der Waals surface area contributed by atoms with E-state index in [2.05, 4.69) is 0 Å². The van der Waals surface area contributed by atoms with Crippen LogP contribution < -0.4 is 5.73 Å². The second kappa shape index (κ2) is 5.10. The smallest absolute Gasteiger partial charge is 0.134 e. The van der Waals surface area contributed by atoms with E-state index in [0.29, 0.717) is 6.42 Å². The van der Waals surface area contributed by atoms with Crippen LogP contribution in [0.15, 0.2) is 52.9 Å². The molecule has 2 nitrogen and oxygen atoms in total. The highest BCUT2D eigenvalue weighted by Crippen LogP contribution is 2.25. The number of aryl methyl sites for hydroxylation is 1. The first-order valence-electron chi connectivity index (χ1n) is 6.62. The molecule has 3 aromatic rings. The highest BCUT2D eigenvalue weighted by Gasteiger charge is 2.14. The van der Waals surface area contributed by atoms with E-state index in [1.165, 1.54) is 12.1 Å². The van der Waals surface area contributed by atoms with Gasteiger partial charge in [-0.1, -0.05) is 24.3 Å². The van der Waals surface area contributed by atoms with Gasteiger partial charge in [0.2, 0.25) is 0 Å². The highest BCUT2D eigenvalue weighted by atomic mass is 19.1. The Morgan fingerprint density at radius 1 is 1.15 bits per heavy atom. The number of furan rings is 1. The minimum Gasteiger partial charge on any atom is -0.459 e. The lowest BCUT2D eigenvalue weighted by atomic mass is 10.00. The van der Waals surface area contributed by atoms with Gasteiger partial charge in [0.25, 0.3) is 0 Å². The molecule has 0 aliphatic carbocycles. The Morgan fingerprint density at radius 2 is 1.95 bits per heavy atom. The molecule has 3 rings (SSSR count). The molecule has 3 heteroatoms. The van der Waals surface area contributed by atoms with Gasteiger partial charge in [0.15, 0.2) is 0 Å². The van der Waals surface area contributed by atoms with Crippen molar-refractivity contribution in [2.75, 3.05) is 0 Å². The van der Waals surface area contributed by atoms with Gasteiger partial charge in [-0.15, -0.1) is 0 Å². The summed E-state index contributed by atoms with van der Waals surface area (Å²) in [7, 11) is 0. The van der Waals surface area contributed by atoms with Gasteiger partial charge < -0.3 is 10.2 Å². The molecule has 102 valence electrons. The van der Waals surface area contributed by atoms with Crippen molar-refractivity contribution in [3.8, 4) is 0 Å². The summed E-state index contributed by atoms with van der Waals surface area (Å²) in [6.07, 6.45) is 0.559. The van der Waals surface area contributed by atoms with Crippen LogP contribution in [0.3, 0.4) is 0 Å². The molecule has 1 unspecified atom stereocenters. The second-order valence-electron chi connectivity index (χ2n) is 5.07. The Bertz CT molecular complexity index is 715. The number of hydrogen-bond donors (Lipinski definition) is 1. The molecule has 2 aromatic carbocycles. The zero-order chi connectivity index (χ0) is 14.1. The zero-order valence-electron chi connectivity index (χ0n) is 11.3. The average molecular weight is 269 g/mol. The second-order valence-corrected chi connectivity index (χ2v) is 5.07. The Kier molecular flexibility index (Phi) is 3.28. The molecule has 0 amide bonds. The molecule has 0 spiro atoms. The molecule has 1 heterocycles. The Labute approximate surface area is 117 Å². The standard InChI is InChI=1S/C17H16FNO/c1-11-6-7-14(18)8-13(11)9-15(19)17-10-12-4-2-3-5-16(12)20-17/h2-8,10,15H,9,19H2,1H3. The van der Waals surface area contributed by atoms with E-state index < -0.39 is 0 Å². The number of rotatable bonds is 3. The first kappa shape index (κ1) is 12.9. The molecule has 0 radical (unpaired) electrons. The fourth-order valence-electron chi connectivity index (χ4n) is 2.38. The third-order valence-electron chi connectivity index (χ3n) is 3.56. The van der Waals surface area contributed by atoms with Crippen molar-refractivity contribution in [1.29, 1.82) is 0 Å². The number of benzene rings is 2. The summed E-state index contributed by atoms with van der Waals surface area (Å²) in [5, 5.41) is 1.04. The van der Waals surface area contributed by atoms with Crippen LogP contribution in [0, 0.1) is 12.7 Å². The quantitative estimate of drug-likeness (QED) is 0.776. The zero-order valence-corrected chi connectivity index (χ0v) is 11.3. The molecule has 0 fully saturated rings. The first-order valence-corrected chi connectivity index (χ1v) is 6.62. The van der Waals surface area contributed by atoms with Crippen molar-refractivity contribution in [3.63, 3.8) is 0 Å². The summed E-state index contributed by atoms with van der Waals surface area (Å²) in [6, 6.07) is 14.2. The Balaban J connectivity index is 1.88. The lowest BCUT2D eigenvalue weighted by Gasteiger charge is -2.11. The van der Waals surface area contributed by atoms with Gasteiger partial charge in [-0.3, -0.25) is 0 Å². The fraction of sp³-hybridized carbons (Fsp3) is 0.176. The van der Waals surface area contributed by atoms with Gasteiger partial charge in [-0.05, 0) is 48.7 Å². The summed E-state index contributed by atoms with van der Waals surface area (Å²) >= 11 is 0. The van der Waals surface area contributed by atoms with E-state index in [1.807, 2.05) is 37.3 Å². The maximum Gasteiger partial charge on any atom is 0.134 e. The molecule has 2 N–H and O–H groups in total. The van der Waals surface area contributed by atoms with Crippen LogP contribution in [0.25, 0.3) is 11.0 Å². The molecule has 0 saturated heterocycles. The third-order valence-corrected chi connectivity index (χ3v) is 3.56. The van der Waals surface area contributed by atoms with E-state index >= 15 is 0 Å². The fourth-order valence-corrected chi connectivity index (χ4v) is 2.38. The average Bonchev–Trinajstić information content (AvgIpc) is 2.87. The van der Waals surface area contributed by atoms with Gasteiger partial charge in [-0.2, -0.15) is 0 Å². The van der Waals surface area contributed by atoms with Crippen LogP contribution in [-0.2, 0) is 6.42 Å². The minimum atomic E-state index is -0.275. The van der Waals surface area contributed by atoms with Crippen molar-refractivity contribution in [2.24, 2.45) is 5.73 Å². The van der Waals surface area contributed by atoms with E-state index in [1.54, 1.807) is 6.07 Å². The van der Waals surface area contributed by atoms with Crippen molar-refractivity contribution >= 4 is 11.0 Å². The molecule has 1 aromatic heterocycles. The number of para-hydroxylation sites is 1. The van der Waals surface area contributed by atoms with Crippen molar-refractivity contribution in [1.82, 2.24) is 0 Å². The SMILES string of the molecule is Cc1ccc(F)cc1CC(N)c1cc2ccccc2o1. The maximum absolute atomic E-state index is 13.3. The van der Waals surface area contributed by atoms with Crippen LogP contribution in [-0.4, -0.2) is 0 Å². The Morgan fingerprint density at radius 3 is 2.75 bits per heavy atom. The van der Waals surface area contributed by atoms with Crippen LogP contribution in [0.2, 0.25) is 0 Å². The summed E-state index contributed by atoms with van der Waals surface area (Å²) in [6.45, 7) is 1.96. The molecule has 0 saturated carbocycles. The monoisotopic (exact) mass is 269 g/mol. The van der Waals surface area contributed by atoms with Crippen LogP contribution in [0.4, 0.5) is 4.39 Å². The van der Waals surface area contributed by atoms with E-state index in [0.717, 1.165) is 27.9 Å². The molecule has 20 heavy (non-hydrogen) atoms. The topological polar surface area (TPSA) is 39.2 Å². The molecule has 1 atom stereocenters. The summed E-state index contributed by atoms with van der Waals surface area (Å²) < 4.78 is 19.1. The largest absolute Gasteiger partial charge is 0.459 e. The first-order chi connectivity index (χ1) is 9.63. The molecule has 0 aliphatic rings. The maximum atomic E-state index is 13.3. The molecule has 0 aliphatic heterocycles. The van der Waals surface area contributed by atoms with E-state index in [-0.39, 0.29) is 11.9 Å². The normalized spacial score (nSPS) is 12.8. The third kappa shape index (κ3) is 2.45. The van der Waals surface area contributed by atoms with Gasteiger partial charge in [0, 0.05) is 5.39 Å². The van der Waals surface area contributed by atoms with E-state index in [4.69, 9.17) is 10.2 Å². The van der Waals surface area contributed by atoms with Crippen molar-refractivity contribution in [2.45, 2.75) is 19.4 Å². The summed E-state index contributed by atoms with van der Waals surface area (Å²) in [4.78, 5) is 0. The lowest BCUT2D eigenvalue weighted by molar-refractivity contribution is 0.493. The van der Waals surface area contributed by atoms with Gasteiger partial charge in [-0.25, -0.2) is 4.39 Å². The lowest BCUT2D eigenvalue weighted by Crippen LogP contribution is -2.13. The van der Waals surface area contributed by atoms with Gasteiger partial charge >= 0.3 is 0 Å². The van der Waals surface area contributed by atoms with Crippen molar-refractivity contribution < 1.29 is 8.81 Å². The van der Waals surface area contributed by atoms with Gasteiger partial charge in [0.1, 0.15) is 17.2 Å². The minimum absolute atomic E-state index is 0.234. The molecular formula is C17H16FNO. The number of halogens is 1. The van der Waals surface area contributed by atoms with E-state index in [9.17, 15) is 4.39 Å². The van der Waals surface area contributed by atoms with Crippen LogP contribution in [0.1, 0.15) is 22.9 Å². The summed E-state index contributed by atoms with van der Waals surface area (Å²) in [5.74, 6) is 0.497. The highest BCUT2D eigenvalue weighted by molar-refractivity contribution is 5.77. The molecule has 0 bridgehead atoms. The number of nitrogens with two attached hydrogens (primary N) is 1. The van der Waals surface area contributed by atoms with Gasteiger partial charge in [0.05, 0.1) is 6.04 Å².